The number of pyridine rings is 1. The van der Waals surface area contributed by atoms with E-state index in [1.807, 2.05) is 0 Å². The van der Waals surface area contributed by atoms with Crippen LogP contribution >= 0.6 is 15.9 Å². The van der Waals surface area contributed by atoms with E-state index < -0.39 is 10.0 Å². The predicted octanol–water partition coefficient (Wildman–Crippen LogP) is 2.24. The maximum absolute atomic E-state index is 12.1. The van der Waals surface area contributed by atoms with E-state index in [4.69, 9.17) is 0 Å². The molecule has 0 radical (unpaired) electrons. The number of hydrogen-bond acceptors (Lipinski definition) is 4. The van der Waals surface area contributed by atoms with Gasteiger partial charge >= 0.3 is 0 Å². The van der Waals surface area contributed by atoms with Gasteiger partial charge in [-0.25, -0.2) is 13.1 Å². The fourth-order valence-corrected chi connectivity index (χ4v) is 3.57. The average molecular weight is 364 g/mol. The lowest BCUT2D eigenvalue weighted by atomic mass is 10.2. The molecule has 0 aliphatic heterocycles. The van der Waals surface area contributed by atoms with Crippen LogP contribution in [0.3, 0.4) is 0 Å². The van der Waals surface area contributed by atoms with E-state index in [1.165, 1.54) is 12.3 Å². The second-order valence-corrected chi connectivity index (χ2v) is 7.84. The Morgan fingerprint density at radius 2 is 1.85 bits per heavy atom. The van der Waals surface area contributed by atoms with Crippen LogP contribution in [0.2, 0.25) is 0 Å². The third kappa shape index (κ3) is 5.12. The summed E-state index contributed by atoms with van der Waals surface area (Å²) >= 11 is 3.22. The van der Waals surface area contributed by atoms with Crippen LogP contribution in [0, 0.1) is 0 Å². The van der Waals surface area contributed by atoms with Gasteiger partial charge in [-0.2, -0.15) is 0 Å². The van der Waals surface area contributed by atoms with Crippen molar-refractivity contribution < 1.29 is 8.42 Å². The Bertz CT molecular complexity index is 524. The molecule has 0 aliphatic rings. The summed E-state index contributed by atoms with van der Waals surface area (Å²) in [6.45, 7) is 9.47. The van der Waals surface area contributed by atoms with Crippen molar-refractivity contribution in [2.45, 2.75) is 44.7 Å². The van der Waals surface area contributed by atoms with E-state index in [0.717, 1.165) is 0 Å². The van der Waals surface area contributed by atoms with Gasteiger partial charge in [0, 0.05) is 42.0 Å². The lowest BCUT2D eigenvalue weighted by molar-refractivity contribution is 0.179. The molecule has 0 amide bonds. The first-order valence-electron chi connectivity index (χ1n) is 6.60. The molecular formula is C13H22BrN3O2S. The lowest BCUT2D eigenvalue weighted by Gasteiger charge is -2.30. The van der Waals surface area contributed by atoms with Crippen molar-refractivity contribution in [2.75, 3.05) is 13.1 Å². The van der Waals surface area contributed by atoms with Crippen molar-refractivity contribution in [1.82, 2.24) is 14.6 Å². The molecule has 1 rings (SSSR count). The number of hydrogen-bond donors (Lipinski definition) is 1. The van der Waals surface area contributed by atoms with Gasteiger partial charge in [0.25, 0.3) is 0 Å². The minimum Gasteiger partial charge on any atom is -0.297 e. The molecule has 0 spiro atoms. The zero-order valence-corrected chi connectivity index (χ0v) is 14.7. The molecule has 5 nitrogen and oxygen atoms in total. The fourth-order valence-electron chi connectivity index (χ4n) is 2.04. The molecule has 0 atom stereocenters. The second-order valence-electron chi connectivity index (χ2n) is 5.16. The summed E-state index contributed by atoms with van der Waals surface area (Å²) in [6.07, 6.45) is 2.90. The van der Waals surface area contributed by atoms with Gasteiger partial charge in [0.15, 0.2) is 0 Å². The third-order valence-corrected chi connectivity index (χ3v) is 4.84. The first kappa shape index (κ1) is 17.6. The number of rotatable bonds is 7. The molecular weight excluding hydrogens is 342 g/mol. The molecule has 0 unspecified atom stereocenters. The molecule has 20 heavy (non-hydrogen) atoms. The smallest absolute Gasteiger partial charge is 0.242 e. The molecule has 0 bridgehead atoms. The van der Waals surface area contributed by atoms with Crippen LogP contribution < -0.4 is 4.72 Å². The first-order valence-corrected chi connectivity index (χ1v) is 8.87. The first-order chi connectivity index (χ1) is 9.24. The largest absolute Gasteiger partial charge is 0.297 e. The highest BCUT2D eigenvalue weighted by Crippen LogP contribution is 2.14. The van der Waals surface area contributed by atoms with E-state index in [-0.39, 0.29) is 4.90 Å². The van der Waals surface area contributed by atoms with Crippen molar-refractivity contribution in [3.8, 4) is 0 Å². The zero-order valence-electron chi connectivity index (χ0n) is 12.3. The van der Waals surface area contributed by atoms with Crippen LogP contribution in [0.5, 0.6) is 0 Å². The van der Waals surface area contributed by atoms with Gasteiger partial charge in [0.2, 0.25) is 10.0 Å². The summed E-state index contributed by atoms with van der Waals surface area (Å²) in [5.74, 6) is 0. The van der Waals surface area contributed by atoms with Gasteiger partial charge in [0.05, 0.1) is 0 Å². The summed E-state index contributed by atoms with van der Waals surface area (Å²) < 4.78 is 27.5. The van der Waals surface area contributed by atoms with Gasteiger partial charge in [-0.15, -0.1) is 0 Å². The number of nitrogens with one attached hydrogen (secondary N) is 1. The third-order valence-electron chi connectivity index (χ3n) is 2.98. The Hall–Kier alpha value is -0.500. The summed E-state index contributed by atoms with van der Waals surface area (Å²) in [5, 5.41) is 0. The minimum absolute atomic E-state index is 0.174. The Morgan fingerprint density at radius 3 is 2.35 bits per heavy atom. The molecule has 7 heteroatoms. The Kier molecular flexibility index (Phi) is 6.57. The number of halogens is 1. The molecule has 0 saturated heterocycles. The monoisotopic (exact) mass is 363 g/mol. The summed E-state index contributed by atoms with van der Waals surface area (Å²) in [5.41, 5.74) is 0. The average Bonchev–Trinajstić information content (AvgIpc) is 2.33. The number of sulfonamides is 1. The minimum atomic E-state index is -3.50. The molecule has 1 aromatic heterocycles. The molecule has 1 N–H and O–H groups in total. The summed E-state index contributed by atoms with van der Waals surface area (Å²) in [7, 11) is -3.50. The lowest BCUT2D eigenvalue weighted by Crippen LogP contribution is -2.42. The van der Waals surface area contributed by atoms with Crippen LogP contribution in [0.15, 0.2) is 27.8 Å². The Morgan fingerprint density at radius 1 is 1.25 bits per heavy atom. The summed E-state index contributed by atoms with van der Waals surface area (Å²) in [6, 6.07) is 2.30. The van der Waals surface area contributed by atoms with Crippen molar-refractivity contribution in [1.29, 1.82) is 0 Å². The molecule has 1 heterocycles. The second kappa shape index (κ2) is 7.49. The molecule has 114 valence electrons. The van der Waals surface area contributed by atoms with E-state index in [0.29, 0.717) is 29.6 Å². The van der Waals surface area contributed by atoms with E-state index in [9.17, 15) is 8.42 Å². The fraction of sp³-hybridized carbons (Fsp3) is 0.615. The van der Waals surface area contributed by atoms with E-state index >= 15 is 0 Å². The van der Waals surface area contributed by atoms with Crippen molar-refractivity contribution in [3.05, 3.63) is 22.9 Å². The highest BCUT2D eigenvalue weighted by Gasteiger charge is 2.17. The van der Waals surface area contributed by atoms with Crippen LogP contribution in [0.25, 0.3) is 0 Å². The van der Waals surface area contributed by atoms with Crippen LogP contribution in [0.4, 0.5) is 0 Å². The topological polar surface area (TPSA) is 62.3 Å². The van der Waals surface area contributed by atoms with Crippen LogP contribution in [0.1, 0.15) is 27.7 Å². The van der Waals surface area contributed by atoms with Crippen molar-refractivity contribution in [3.63, 3.8) is 0 Å². The quantitative estimate of drug-likeness (QED) is 0.806. The van der Waals surface area contributed by atoms with E-state index in [1.54, 1.807) is 6.20 Å². The van der Waals surface area contributed by atoms with Gasteiger partial charge in [-0.05, 0) is 49.7 Å². The van der Waals surface area contributed by atoms with Gasteiger partial charge in [-0.3, -0.25) is 9.88 Å². The van der Waals surface area contributed by atoms with Gasteiger partial charge in [-0.1, -0.05) is 0 Å². The summed E-state index contributed by atoms with van der Waals surface area (Å²) in [4.78, 5) is 6.29. The zero-order chi connectivity index (χ0) is 15.3. The Labute approximate surface area is 130 Å². The molecule has 0 saturated carbocycles. The highest BCUT2D eigenvalue weighted by atomic mass is 79.9. The number of aromatic nitrogens is 1. The van der Waals surface area contributed by atoms with Crippen LogP contribution in [-0.4, -0.2) is 43.5 Å². The standard InChI is InChI=1S/C13H22BrN3O2S/c1-10(2)17(11(3)4)6-5-16-20(18,19)13-7-12(14)8-15-9-13/h7-11,16H,5-6H2,1-4H3. The molecule has 0 fully saturated rings. The van der Waals surface area contributed by atoms with E-state index in [2.05, 4.69) is 58.2 Å². The van der Waals surface area contributed by atoms with Crippen LogP contribution in [-0.2, 0) is 10.0 Å². The maximum atomic E-state index is 12.1. The normalized spacial score (nSPS) is 12.6. The number of nitrogens with zero attached hydrogens (tertiary/aromatic N) is 2. The molecule has 0 aromatic carbocycles. The highest BCUT2D eigenvalue weighted by molar-refractivity contribution is 9.10. The van der Waals surface area contributed by atoms with Gasteiger partial charge < -0.3 is 0 Å². The SMILES string of the molecule is CC(C)N(CCNS(=O)(=O)c1cncc(Br)c1)C(C)C. The van der Waals surface area contributed by atoms with Gasteiger partial charge in [0.1, 0.15) is 4.90 Å². The predicted molar refractivity (Wildman–Crippen MR) is 84.1 cm³/mol. The molecule has 1 aromatic rings. The maximum Gasteiger partial charge on any atom is 0.242 e. The van der Waals surface area contributed by atoms with Crippen molar-refractivity contribution in [2.24, 2.45) is 0 Å². The molecule has 0 aliphatic carbocycles. The Balaban J connectivity index is 2.65. The van der Waals surface area contributed by atoms with Crippen molar-refractivity contribution >= 4 is 26.0 Å².